The number of aromatic nitrogens is 3. The summed E-state index contributed by atoms with van der Waals surface area (Å²) < 4.78 is 0. The van der Waals surface area contributed by atoms with Crippen LogP contribution < -0.4 is 5.32 Å². The van der Waals surface area contributed by atoms with Crippen LogP contribution in [-0.4, -0.2) is 33.4 Å². The molecule has 5 heteroatoms. The fraction of sp³-hybridized carbons (Fsp3) is 0.667. The van der Waals surface area contributed by atoms with Gasteiger partial charge in [0.15, 0.2) is 5.82 Å². The molecule has 2 heterocycles. The fourth-order valence-electron chi connectivity index (χ4n) is 1.31. The summed E-state index contributed by atoms with van der Waals surface area (Å²) in [6, 6.07) is 0. The third-order valence-electron chi connectivity index (χ3n) is 1.99. The summed E-state index contributed by atoms with van der Waals surface area (Å²) in [5, 5.41) is 19.3. The van der Waals surface area contributed by atoms with Crippen LogP contribution in [0.2, 0.25) is 0 Å². The molecule has 3 N–H and O–H groups in total. The lowest BCUT2D eigenvalue weighted by Crippen LogP contribution is -2.29. The Hall–Kier alpha value is -0.940. The lowest BCUT2D eigenvalue weighted by atomic mass is 10.0. The first-order chi connectivity index (χ1) is 5.31. The standard InChI is InChI=1S/C6H10N4O/c11-6(1-2-7-3-6)5-8-4-9-10-5/h4,7,11H,1-3H2,(H,8,9,10). The third-order valence-corrected chi connectivity index (χ3v) is 1.99. The molecule has 1 aromatic heterocycles. The molecule has 5 nitrogen and oxygen atoms in total. The van der Waals surface area contributed by atoms with E-state index in [0.29, 0.717) is 18.8 Å². The zero-order chi connectivity index (χ0) is 7.73. The Bertz CT molecular complexity index is 227. The minimum absolute atomic E-state index is 0.558. The Morgan fingerprint density at radius 1 is 1.64 bits per heavy atom. The number of rotatable bonds is 1. The van der Waals surface area contributed by atoms with Crippen molar-refractivity contribution in [3.63, 3.8) is 0 Å². The smallest absolute Gasteiger partial charge is 0.157 e. The largest absolute Gasteiger partial charge is 0.380 e. The minimum Gasteiger partial charge on any atom is -0.380 e. The van der Waals surface area contributed by atoms with E-state index in [0.717, 1.165) is 6.54 Å². The normalized spacial score (nSPS) is 31.0. The highest BCUT2D eigenvalue weighted by molar-refractivity contribution is 5.03. The maximum absolute atomic E-state index is 9.86. The van der Waals surface area contributed by atoms with Gasteiger partial charge in [0.25, 0.3) is 0 Å². The molecular weight excluding hydrogens is 144 g/mol. The summed E-state index contributed by atoms with van der Waals surface area (Å²) in [7, 11) is 0. The molecule has 1 aliphatic heterocycles. The predicted octanol–water partition coefficient (Wildman–Crippen LogP) is -1.01. The van der Waals surface area contributed by atoms with Gasteiger partial charge in [0.2, 0.25) is 0 Å². The number of hydrogen-bond donors (Lipinski definition) is 3. The molecule has 1 atom stereocenters. The second-order valence-corrected chi connectivity index (χ2v) is 2.79. The van der Waals surface area contributed by atoms with E-state index >= 15 is 0 Å². The molecule has 1 saturated heterocycles. The first kappa shape index (κ1) is 6.75. The molecule has 11 heavy (non-hydrogen) atoms. The van der Waals surface area contributed by atoms with Gasteiger partial charge in [-0.15, -0.1) is 0 Å². The van der Waals surface area contributed by atoms with Crippen LogP contribution in [0.1, 0.15) is 12.2 Å². The van der Waals surface area contributed by atoms with Crippen molar-refractivity contribution in [2.24, 2.45) is 0 Å². The van der Waals surface area contributed by atoms with E-state index in [1.807, 2.05) is 0 Å². The van der Waals surface area contributed by atoms with E-state index in [-0.39, 0.29) is 0 Å². The molecular formula is C6H10N4O. The number of aliphatic hydroxyl groups is 1. The van der Waals surface area contributed by atoms with Crippen molar-refractivity contribution in [1.29, 1.82) is 0 Å². The Kier molecular flexibility index (Phi) is 1.40. The topological polar surface area (TPSA) is 73.8 Å². The highest BCUT2D eigenvalue weighted by Crippen LogP contribution is 2.23. The average molecular weight is 154 g/mol. The van der Waals surface area contributed by atoms with E-state index in [9.17, 15) is 5.11 Å². The van der Waals surface area contributed by atoms with Crippen molar-refractivity contribution in [1.82, 2.24) is 20.5 Å². The maximum Gasteiger partial charge on any atom is 0.157 e. The van der Waals surface area contributed by atoms with Crippen molar-refractivity contribution in [3.05, 3.63) is 12.2 Å². The molecule has 0 amide bonds. The zero-order valence-electron chi connectivity index (χ0n) is 6.04. The van der Waals surface area contributed by atoms with Crippen LogP contribution in [0.25, 0.3) is 0 Å². The molecule has 0 radical (unpaired) electrons. The second-order valence-electron chi connectivity index (χ2n) is 2.79. The van der Waals surface area contributed by atoms with Crippen LogP contribution in [0, 0.1) is 0 Å². The molecule has 2 rings (SSSR count). The predicted molar refractivity (Wildman–Crippen MR) is 37.8 cm³/mol. The first-order valence-corrected chi connectivity index (χ1v) is 3.60. The van der Waals surface area contributed by atoms with Gasteiger partial charge in [-0.3, -0.25) is 5.10 Å². The Morgan fingerprint density at radius 3 is 3.09 bits per heavy atom. The van der Waals surface area contributed by atoms with Gasteiger partial charge in [-0.1, -0.05) is 0 Å². The van der Waals surface area contributed by atoms with Gasteiger partial charge in [0.1, 0.15) is 11.9 Å². The van der Waals surface area contributed by atoms with Crippen LogP contribution in [0.3, 0.4) is 0 Å². The monoisotopic (exact) mass is 154 g/mol. The number of hydrogen-bond acceptors (Lipinski definition) is 4. The molecule has 0 bridgehead atoms. The highest BCUT2D eigenvalue weighted by atomic mass is 16.3. The van der Waals surface area contributed by atoms with Crippen LogP contribution in [0.4, 0.5) is 0 Å². The Morgan fingerprint density at radius 2 is 2.55 bits per heavy atom. The number of nitrogens with one attached hydrogen (secondary N) is 2. The molecule has 60 valence electrons. The summed E-state index contributed by atoms with van der Waals surface area (Å²) in [5.74, 6) is 0.558. The molecule has 1 aromatic rings. The summed E-state index contributed by atoms with van der Waals surface area (Å²) in [6.07, 6.45) is 2.10. The minimum atomic E-state index is -0.823. The third kappa shape index (κ3) is 1.02. The summed E-state index contributed by atoms with van der Waals surface area (Å²) >= 11 is 0. The highest BCUT2D eigenvalue weighted by Gasteiger charge is 2.35. The van der Waals surface area contributed by atoms with E-state index in [4.69, 9.17) is 0 Å². The number of β-amino-alcohol motifs (C(OH)–C–C–N with tert-alkyl or cyclic N) is 1. The number of nitrogens with zero attached hydrogens (tertiary/aromatic N) is 2. The SMILES string of the molecule is OC1(c2ncn[nH]2)CCNC1. The van der Waals surface area contributed by atoms with Crippen LogP contribution in [0.5, 0.6) is 0 Å². The van der Waals surface area contributed by atoms with Crippen molar-refractivity contribution in [2.75, 3.05) is 13.1 Å². The number of aromatic amines is 1. The lowest BCUT2D eigenvalue weighted by Gasteiger charge is -2.16. The quantitative estimate of drug-likeness (QED) is 0.484. The molecule has 1 unspecified atom stereocenters. The molecule has 0 aromatic carbocycles. The van der Waals surface area contributed by atoms with Gasteiger partial charge in [0.05, 0.1) is 0 Å². The molecule has 0 saturated carbocycles. The van der Waals surface area contributed by atoms with E-state index in [1.165, 1.54) is 6.33 Å². The molecule has 1 aliphatic rings. The van der Waals surface area contributed by atoms with E-state index in [1.54, 1.807) is 0 Å². The van der Waals surface area contributed by atoms with Crippen LogP contribution in [0.15, 0.2) is 6.33 Å². The second kappa shape index (κ2) is 2.28. The Labute approximate surface area is 63.8 Å². The van der Waals surface area contributed by atoms with Gasteiger partial charge in [-0.05, 0) is 13.0 Å². The van der Waals surface area contributed by atoms with Crippen molar-refractivity contribution in [3.8, 4) is 0 Å². The maximum atomic E-state index is 9.86. The molecule has 0 aliphatic carbocycles. The van der Waals surface area contributed by atoms with Crippen LogP contribution in [-0.2, 0) is 5.60 Å². The average Bonchev–Trinajstić information content (AvgIpc) is 2.55. The van der Waals surface area contributed by atoms with Crippen molar-refractivity contribution >= 4 is 0 Å². The van der Waals surface area contributed by atoms with Gasteiger partial charge < -0.3 is 10.4 Å². The molecule has 1 fully saturated rings. The van der Waals surface area contributed by atoms with Crippen molar-refractivity contribution < 1.29 is 5.11 Å². The van der Waals surface area contributed by atoms with Gasteiger partial charge in [-0.25, -0.2) is 4.98 Å². The number of H-pyrrole nitrogens is 1. The lowest BCUT2D eigenvalue weighted by molar-refractivity contribution is 0.0496. The van der Waals surface area contributed by atoms with Crippen LogP contribution >= 0.6 is 0 Å². The Balaban J connectivity index is 2.27. The summed E-state index contributed by atoms with van der Waals surface area (Å²) in [6.45, 7) is 1.39. The van der Waals surface area contributed by atoms with E-state index in [2.05, 4.69) is 20.5 Å². The first-order valence-electron chi connectivity index (χ1n) is 3.60. The van der Waals surface area contributed by atoms with Crippen molar-refractivity contribution in [2.45, 2.75) is 12.0 Å². The summed E-state index contributed by atoms with van der Waals surface area (Å²) in [5.41, 5.74) is -0.823. The van der Waals surface area contributed by atoms with Gasteiger partial charge in [0, 0.05) is 6.54 Å². The summed E-state index contributed by atoms with van der Waals surface area (Å²) in [4.78, 5) is 3.91. The van der Waals surface area contributed by atoms with Gasteiger partial charge in [-0.2, -0.15) is 5.10 Å². The van der Waals surface area contributed by atoms with E-state index < -0.39 is 5.60 Å². The molecule has 0 spiro atoms. The fourth-order valence-corrected chi connectivity index (χ4v) is 1.31. The van der Waals surface area contributed by atoms with Gasteiger partial charge >= 0.3 is 0 Å². The zero-order valence-corrected chi connectivity index (χ0v) is 6.04.